The average molecular weight is 275 g/mol. The molecule has 2 rings (SSSR count). The molecule has 0 atom stereocenters. The first-order valence-electron chi connectivity index (χ1n) is 6.50. The van der Waals surface area contributed by atoms with Crippen LogP contribution in [-0.4, -0.2) is 16.5 Å². The van der Waals surface area contributed by atoms with E-state index in [0.717, 1.165) is 24.2 Å². The van der Waals surface area contributed by atoms with Crippen LogP contribution < -0.4 is 16.4 Å². The minimum absolute atomic E-state index is 0.188. The van der Waals surface area contributed by atoms with Crippen molar-refractivity contribution >= 4 is 23.3 Å². The first-order valence-corrected chi connectivity index (χ1v) is 6.50. The molecule has 5 nitrogen and oxygen atoms in total. The molecule has 0 bridgehead atoms. The Bertz CT molecular complexity index is 600. The molecule has 0 aliphatic rings. The van der Waals surface area contributed by atoms with E-state index in [2.05, 4.69) is 27.5 Å². The monoisotopic (exact) mass is 275 g/mol. The molecule has 0 unspecified atom stereocenters. The summed E-state index contributed by atoms with van der Waals surface area (Å²) in [6, 6.07) is 6.30. The van der Waals surface area contributed by atoms with E-state index in [1.165, 1.54) is 12.1 Å². The van der Waals surface area contributed by atoms with Gasteiger partial charge in [0.2, 0.25) is 5.95 Å². The van der Waals surface area contributed by atoms with Gasteiger partial charge in [-0.2, -0.15) is 9.97 Å². The SMILES string of the molecule is CCCNc1cc(Nc2ccc(F)cc2C)nc(N)n1. The standard InChI is InChI=1S/C14H18FN5/c1-3-6-17-12-8-13(20-14(16)19-12)18-11-5-4-10(15)7-9(11)2/h4-5,7-8H,3,6H2,1-2H3,(H4,16,17,18,19,20). The minimum atomic E-state index is -0.263. The third kappa shape index (κ3) is 3.57. The summed E-state index contributed by atoms with van der Waals surface area (Å²) in [5.74, 6) is 1.17. The van der Waals surface area contributed by atoms with Gasteiger partial charge < -0.3 is 16.4 Å². The Morgan fingerprint density at radius 2 is 1.95 bits per heavy atom. The fourth-order valence-corrected chi connectivity index (χ4v) is 1.78. The lowest BCUT2D eigenvalue weighted by molar-refractivity contribution is 0.627. The summed E-state index contributed by atoms with van der Waals surface area (Å²) in [6.45, 7) is 4.70. The summed E-state index contributed by atoms with van der Waals surface area (Å²) in [6.07, 6.45) is 0.990. The molecule has 106 valence electrons. The van der Waals surface area contributed by atoms with Gasteiger partial charge >= 0.3 is 0 Å². The Balaban J connectivity index is 2.21. The second-order valence-corrected chi connectivity index (χ2v) is 4.51. The average Bonchev–Trinajstić information content (AvgIpc) is 2.39. The van der Waals surface area contributed by atoms with E-state index in [1.54, 1.807) is 12.1 Å². The maximum atomic E-state index is 13.1. The van der Waals surface area contributed by atoms with E-state index >= 15 is 0 Å². The van der Waals surface area contributed by atoms with E-state index in [9.17, 15) is 4.39 Å². The Morgan fingerprint density at radius 1 is 1.20 bits per heavy atom. The number of aryl methyl sites for hydroxylation is 1. The summed E-state index contributed by atoms with van der Waals surface area (Å²) >= 11 is 0. The summed E-state index contributed by atoms with van der Waals surface area (Å²) < 4.78 is 13.1. The molecule has 0 aliphatic heterocycles. The predicted molar refractivity (Wildman–Crippen MR) is 79.6 cm³/mol. The van der Waals surface area contributed by atoms with Gasteiger partial charge in [-0.25, -0.2) is 4.39 Å². The van der Waals surface area contributed by atoms with Crippen molar-refractivity contribution in [2.24, 2.45) is 0 Å². The molecule has 2 aromatic rings. The molecular formula is C14H18FN5. The topological polar surface area (TPSA) is 75.9 Å². The Labute approximate surface area is 117 Å². The number of halogens is 1. The minimum Gasteiger partial charge on any atom is -0.370 e. The summed E-state index contributed by atoms with van der Waals surface area (Å²) in [5.41, 5.74) is 7.26. The van der Waals surface area contributed by atoms with Gasteiger partial charge in [-0.05, 0) is 37.1 Å². The zero-order valence-corrected chi connectivity index (χ0v) is 11.6. The quantitative estimate of drug-likeness (QED) is 0.782. The van der Waals surface area contributed by atoms with Crippen molar-refractivity contribution in [1.29, 1.82) is 0 Å². The predicted octanol–water partition coefficient (Wildman–Crippen LogP) is 3.07. The maximum absolute atomic E-state index is 13.1. The van der Waals surface area contributed by atoms with Crippen LogP contribution in [0.15, 0.2) is 24.3 Å². The first-order chi connectivity index (χ1) is 9.58. The Hall–Kier alpha value is -2.37. The highest BCUT2D eigenvalue weighted by Gasteiger charge is 2.05. The maximum Gasteiger partial charge on any atom is 0.223 e. The molecule has 0 spiro atoms. The fraction of sp³-hybridized carbons (Fsp3) is 0.286. The lowest BCUT2D eigenvalue weighted by Crippen LogP contribution is -2.07. The molecular weight excluding hydrogens is 257 g/mol. The van der Waals surface area contributed by atoms with Gasteiger partial charge in [0.25, 0.3) is 0 Å². The molecule has 0 saturated carbocycles. The summed E-state index contributed by atoms with van der Waals surface area (Å²) in [5, 5.41) is 6.27. The van der Waals surface area contributed by atoms with Crippen LogP contribution in [0.3, 0.4) is 0 Å². The van der Waals surface area contributed by atoms with E-state index < -0.39 is 0 Å². The first kappa shape index (κ1) is 14.0. The third-order valence-corrected chi connectivity index (χ3v) is 2.75. The molecule has 4 N–H and O–H groups in total. The van der Waals surface area contributed by atoms with Crippen molar-refractivity contribution in [3.63, 3.8) is 0 Å². The second kappa shape index (κ2) is 6.18. The molecule has 0 aliphatic carbocycles. The normalized spacial score (nSPS) is 10.3. The van der Waals surface area contributed by atoms with Crippen LogP contribution in [0.1, 0.15) is 18.9 Å². The van der Waals surface area contributed by atoms with E-state index in [1.807, 2.05) is 6.92 Å². The zero-order chi connectivity index (χ0) is 14.5. The number of anilines is 4. The van der Waals surface area contributed by atoms with Gasteiger partial charge in [-0.1, -0.05) is 6.92 Å². The van der Waals surface area contributed by atoms with Crippen molar-refractivity contribution in [2.45, 2.75) is 20.3 Å². The number of nitrogen functional groups attached to an aromatic ring is 1. The molecule has 1 heterocycles. The second-order valence-electron chi connectivity index (χ2n) is 4.51. The fourth-order valence-electron chi connectivity index (χ4n) is 1.78. The lowest BCUT2D eigenvalue weighted by Gasteiger charge is -2.11. The summed E-state index contributed by atoms with van der Waals surface area (Å²) in [7, 11) is 0. The Morgan fingerprint density at radius 3 is 2.65 bits per heavy atom. The molecule has 1 aromatic carbocycles. The van der Waals surface area contributed by atoms with E-state index in [4.69, 9.17) is 5.73 Å². The molecule has 0 fully saturated rings. The zero-order valence-electron chi connectivity index (χ0n) is 11.6. The largest absolute Gasteiger partial charge is 0.370 e. The lowest BCUT2D eigenvalue weighted by atomic mass is 10.2. The van der Waals surface area contributed by atoms with Crippen molar-refractivity contribution in [2.75, 3.05) is 22.9 Å². The highest BCUT2D eigenvalue weighted by molar-refractivity contribution is 5.63. The molecule has 0 amide bonds. The van der Waals surface area contributed by atoms with Crippen LogP contribution in [0, 0.1) is 12.7 Å². The van der Waals surface area contributed by atoms with Gasteiger partial charge in [0.05, 0.1) is 0 Å². The number of aromatic nitrogens is 2. The highest BCUT2D eigenvalue weighted by Crippen LogP contribution is 2.22. The van der Waals surface area contributed by atoms with Gasteiger partial charge in [0.15, 0.2) is 0 Å². The smallest absolute Gasteiger partial charge is 0.223 e. The third-order valence-electron chi connectivity index (χ3n) is 2.75. The molecule has 6 heteroatoms. The number of nitrogens with zero attached hydrogens (tertiary/aromatic N) is 2. The van der Waals surface area contributed by atoms with Crippen molar-refractivity contribution in [3.05, 3.63) is 35.6 Å². The van der Waals surface area contributed by atoms with Crippen molar-refractivity contribution in [3.8, 4) is 0 Å². The van der Waals surface area contributed by atoms with Crippen LogP contribution in [0.25, 0.3) is 0 Å². The molecule has 0 saturated heterocycles. The Kier molecular flexibility index (Phi) is 4.34. The van der Waals surface area contributed by atoms with Gasteiger partial charge in [0, 0.05) is 18.3 Å². The molecule has 0 radical (unpaired) electrons. The van der Waals surface area contributed by atoms with E-state index in [0.29, 0.717) is 11.6 Å². The van der Waals surface area contributed by atoms with E-state index in [-0.39, 0.29) is 11.8 Å². The molecule has 1 aromatic heterocycles. The molecule has 20 heavy (non-hydrogen) atoms. The van der Waals surface area contributed by atoms with Crippen LogP contribution >= 0.6 is 0 Å². The number of nitrogens with one attached hydrogen (secondary N) is 2. The van der Waals surface area contributed by atoms with Crippen molar-refractivity contribution < 1.29 is 4.39 Å². The number of hydrogen-bond donors (Lipinski definition) is 3. The van der Waals surface area contributed by atoms with Crippen LogP contribution in [0.4, 0.5) is 27.7 Å². The highest BCUT2D eigenvalue weighted by atomic mass is 19.1. The van der Waals surface area contributed by atoms with Crippen LogP contribution in [0.2, 0.25) is 0 Å². The number of benzene rings is 1. The summed E-state index contributed by atoms with van der Waals surface area (Å²) in [4.78, 5) is 8.23. The number of nitrogens with two attached hydrogens (primary N) is 1. The van der Waals surface area contributed by atoms with Crippen LogP contribution in [0.5, 0.6) is 0 Å². The van der Waals surface area contributed by atoms with Crippen LogP contribution in [-0.2, 0) is 0 Å². The van der Waals surface area contributed by atoms with Crippen molar-refractivity contribution in [1.82, 2.24) is 9.97 Å². The number of rotatable bonds is 5. The van der Waals surface area contributed by atoms with Gasteiger partial charge in [-0.15, -0.1) is 0 Å². The number of hydrogen-bond acceptors (Lipinski definition) is 5. The van der Waals surface area contributed by atoms with Gasteiger partial charge in [0.1, 0.15) is 17.5 Å². The van der Waals surface area contributed by atoms with Gasteiger partial charge in [-0.3, -0.25) is 0 Å².